The number of halogens is 1. The van der Waals surface area contributed by atoms with Crippen LogP contribution in [-0.4, -0.2) is 22.1 Å². The predicted octanol–water partition coefficient (Wildman–Crippen LogP) is 4.70. The number of methoxy groups -OCH3 is 1. The summed E-state index contributed by atoms with van der Waals surface area (Å²) in [6.45, 7) is 2.37. The summed E-state index contributed by atoms with van der Waals surface area (Å²) in [7, 11) is -2.36. The monoisotopic (exact) mass is 391 g/mol. The number of benzene rings is 3. The first kappa shape index (κ1) is 18.4. The van der Waals surface area contributed by atoms with Gasteiger partial charge in [0.15, 0.2) is 0 Å². The van der Waals surface area contributed by atoms with Gasteiger partial charge in [0.25, 0.3) is 10.0 Å². The molecule has 0 atom stereocenters. The van der Waals surface area contributed by atoms with Gasteiger partial charge in [-0.3, -0.25) is 4.72 Å². The van der Waals surface area contributed by atoms with Crippen molar-refractivity contribution < 1.29 is 17.9 Å². The molecule has 0 radical (unpaired) electrons. The number of rotatable bonds is 6. The van der Waals surface area contributed by atoms with E-state index in [1.807, 2.05) is 19.1 Å². The van der Waals surface area contributed by atoms with Crippen molar-refractivity contribution in [3.8, 4) is 11.5 Å². The Morgan fingerprint density at radius 1 is 1.04 bits per heavy atom. The Balaban J connectivity index is 2.09. The number of nitrogens with one attached hydrogen (secondary N) is 1. The van der Waals surface area contributed by atoms with Crippen LogP contribution in [0, 0.1) is 0 Å². The highest BCUT2D eigenvalue weighted by molar-refractivity contribution is 7.93. The molecule has 0 aliphatic rings. The molecule has 0 bridgehead atoms. The smallest absolute Gasteiger partial charge is 0.262 e. The van der Waals surface area contributed by atoms with Crippen LogP contribution in [0.5, 0.6) is 11.5 Å². The molecule has 0 aliphatic heterocycles. The van der Waals surface area contributed by atoms with Gasteiger partial charge in [0.05, 0.1) is 29.3 Å². The summed E-state index contributed by atoms with van der Waals surface area (Å²) < 4.78 is 39.2. The van der Waals surface area contributed by atoms with E-state index in [1.54, 1.807) is 30.3 Å². The van der Waals surface area contributed by atoms with Crippen molar-refractivity contribution in [1.82, 2.24) is 0 Å². The lowest BCUT2D eigenvalue weighted by Gasteiger charge is -2.14. The predicted molar refractivity (Wildman–Crippen MR) is 104 cm³/mol. The van der Waals surface area contributed by atoms with Crippen LogP contribution in [0.4, 0.5) is 5.69 Å². The molecule has 136 valence electrons. The highest BCUT2D eigenvalue weighted by Gasteiger charge is 2.20. The van der Waals surface area contributed by atoms with Crippen LogP contribution in [0.1, 0.15) is 6.92 Å². The van der Waals surface area contributed by atoms with Gasteiger partial charge in [0.2, 0.25) is 0 Å². The number of sulfonamides is 1. The second-order valence-corrected chi connectivity index (χ2v) is 7.55. The van der Waals surface area contributed by atoms with E-state index in [9.17, 15) is 8.42 Å². The van der Waals surface area contributed by atoms with Gasteiger partial charge >= 0.3 is 0 Å². The lowest BCUT2D eigenvalue weighted by atomic mass is 10.1. The molecule has 0 fully saturated rings. The second-order valence-electron chi connectivity index (χ2n) is 5.49. The van der Waals surface area contributed by atoms with E-state index >= 15 is 0 Å². The van der Waals surface area contributed by atoms with Crippen molar-refractivity contribution in [3.63, 3.8) is 0 Å². The standard InChI is InChI=1S/C19H18ClNO4S/c1-3-25-18-10-11-19(15-7-5-4-6-14(15)18)26(22,23)21-17-12-13(24-2)8-9-16(17)20/h4-12,21H,3H2,1-2H3. The molecule has 0 amide bonds. The van der Waals surface area contributed by atoms with E-state index in [-0.39, 0.29) is 15.6 Å². The third-order valence-electron chi connectivity index (χ3n) is 3.85. The molecule has 0 heterocycles. The molecule has 0 saturated carbocycles. The maximum Gasteiger partial charge on any atom is 0.262 e. The number of hydrogen-bond acceptors (Lipinski definition) is 4. The van der Waals surface area contributed by atoms with Crippen LogP contribution in [-0.2, 0) is 10.0 Å². The van der Waals surface area contributed by atoms with Crippen LogP contribution in [0.3, 0.4) is 0 Å². The Bertz CT molecular complexity index is 1050. The zero-order valence-electron chi connectivity index (χ0n) is 14.3. The maximum absolute atomic E-state index is 13.0. The fourth-order valence-corrected chi connectivity index (χ4v) is 4.17. The maximum atomic E-state index is 13.0. The van der Waals surface area contributed by atoms with E-state index in [0.717, 1.165) is 5.39 Å². The molecule has 0 unspecified atom stereocenters. The minimum absolute atomic E-state index is 0.149. The van der Waals surface area contributed by atoms with Crippen molar-refractivity contribution >= 4 is 38.1 Å². The van der Waals surface area contributed by atoms with Gasteiger partial charge in [-0.25, -0.2) is 8.42 Å². The van der Waals surface area contributed by atoms with E-state index in [1.165, 1.54) is 19.2 Å². The molecular formula is C19H18ClNO4S. The highest BCUT2D eigenvalue weighted by Crippen LogP contribution is 2.34. The topological polar surface area (TPSA) is 64.6 Å². The average Bonchev–Trinajstić information content (AvgIpc) is 2.63. The minimum atomic E-state index is -3.86. The average molecular weight is 392 g/mol. The van der Waals surface area contributed by atoms with Gasteiger partial charge in [-0.2, -0.15) is 0 Å². The molecule has 0 saturated heterocycles. The SMILES string of the molecule is CCOc1ccc(S(=O)(=O)Nc2cc(OC)ccc2Cl)c2ccccc12. The molecule has 3 rings (SSSR count). The second kappa shape index (κ2) is 7.43. The molecule has 0 spiro atoms. The zero-order valence-corrected chi connectivity index (χ0v) is 15.9. The Morgan fingerprint density at radius 2 is 1.77 bits per heavy atom. The Morgan fingerprint density at radius 3 is 2.46 bits per heavy atom. The summed E-state index contributed by atoms with van der Waals surface area (Å²) in [5.41, 5.74) is 0.254. The van der Waals surface area contributed by atoms with Crippen molar-refractivity contribution in [2.75, 3.05) is 18.4 Å². The minimum Gasteiger partial charge on any atom is -0.497 e. The van der Waals surface area contributed by atoms with Crippen molar-refractivity contribution in [2.45, 2.75) is 11.8 Å². The Labute approximate surface area is 157 Å². The Kier molecular flexibility index (Phi) is 5.25. The van der Waals surface area contributed by atoms with Crippen molar-refractivity contribution in [1.29, 1.82) is 0 Å². The quantitative estimate of drug-likeness (QED) is 0.661. The normalized spacial score (nSPS) is 11.3. The van der Waals surface area contributed by atoms with Gasteiger partial charge in [0, 0.05) is 16.8 Å². The van der Waals surface area contributed by atoms with Crippen LogP contribution in [0.2, 0.25) is 5.02 Å². The molecular weight excluding hydrogens is 374 g/mol. The van der Waals surface area contributed by atoms with Gasteiger partial charge in [-0.05, 0) is 31.2 Å². The summed E-state index contributed by atoms with van der Waals surface area (Å²) in [5, 5.41) is 1.59. The van der Waals surface area contributed by atoms with Crippen molar-refractivity contribution in [3.05, 3.63) is 59.6 Å². The number of fused-ring (bicyclic) bond motifs is 1. The first-order valence-electron chi connectivity index (χ1n) is 7.97. The van der Waals surface area contributed by atoms with Gasteiger partial charge in [-0.15, -0.1) is 0 Å². The fraction of sp³-hybridized carbons (Fsp3) is 0.158. The number of hydrogen-bond donors (Lipinski definition) is 1. The molecule has 26 heavy (non-hydrogen) atoms. The number of anilines is 1. The first-order chi connectivity index (χ1) is 12.5. The van der Waals surface area contributed by atoms with Gasteiger partial charge in [0.1, 0.15) is 11.5 Å². The summed E-state index contributed by atoms with van der Waals surface area (Å²) in [6, 6.07) is 15.2. The third kappa shape index (κ3) is 3.57. The van der Waals surface area contributed by atoms with Crippen molar-refractivity contribution in [2.24, 2.45) is 0 Å². The highest BCUT2D eigenvalue weighted by atomic mass is 35.5. The lowest BCUT2D eigenvalue weighted by Crippen LogP contribution is -2.14. The molecule has 3 aromatic carbocycles. The molecule has 3 aromatic rings. The van der Waals surface area contributed by atoms with Gasteiger partial charge < -0.3 is 9.47 Å². The molecule has 7 heteroatoms. The van der Waals surface area contributed by atoms with E-state index < -0.39 is 10.0 Å². The molecule has 0 aliphatic carbocycles. The first-order valence-corrected chi connectivity index (χ1v) is 9.83. The molecule has 5 nitrogen and oxygen atoms in total. The van der Waals surface area contributed by atoms with E-state index in [2.05, 4.69) is 4.72 Å². The van der Waals surface area contributed by atoms with Crippen LogP contribution in [0.25, 0.3) is 10.8 Å². The zero-order chi connectivity index (χ0) is 18.7. The summed E-state index contributed by atoms with van der Waals surface area (Å²) in [6.07, 6.45) is 0. The number of ether oxygens (including phenoxy) is 2. The lowest BCUT2D eigenvalue weighted by molar-refractivity contribution is 0.344. The van der Waals surface area contributed by atoms with Gasteiger partial charge in [-0.1, -0.05) is 35.9 Å². The molecule has 1 N–H and O–H groups in total. The van der Waals surface area contributed by atoms with Crippen LogP contribution < -0.4 is 14.2 Å². The summed E-state index contributed by atoms with van der Waals surface area (Å²) in [4.78, 5) is 0.149. The van der Waals surface area contributed by atoms with E-state index in [4.69, 9.17) is 21.1 Å². The third-order valence-corrected chi connectivity index (χ3v) is 5.60. The Hall–Kier alpha value is -2.44. The molecule has 0 aromatic heterocycles. The fourth-order valence-electron chi connectivity index (χ4n) is 2.67. The summed E-state index contributed by atoms with van der Waals surface area (Å²) in [5.74, 6) is 1.14. The van der Waals surface area contributed by atoms with E-state index in [0.29, 0.717) is 23.5 Å². The largest absolute Gasteiger partial charge is 0.497 e. The van der Waals surface area contributed by atoms with Crippen LogP contribution in [0.15, 0.2) is 59.5 Å². The van der Waals surface area contributed by atoms with Crippen LogP contribution >= 0.6 is 11.6 Å². The summed E-state index contributed by atoms with van der Waals surface area (Å²) >= 11 is 6.13.